The molecule has 254 valence electrons. The second kappa shape index (κ2) is 18.9. The lowest BCUT2D eigenvalue weighted by atomic mass is 10.1. The van der Waals surface area contributed by atoms with Gasteiger partial charge >= 0.3 is 22.6 Å². The molecule has 0 saturated heterocycles. The molecule has 1 amide bonds. The highest BCUT2D eigenvalue weighted by atomic mass is 35.5. The summed E-state index contributed by atoms with van der Waals surface area (Å²) >= 11 is 6.07. The maximum absolute atomic E-state index is 13.1. The van der Waals surface area contributed by atoms with Crippen LogP contribution in [0, 0.1) is 0 Å². The van der Waals surface area contributed by atoms with E-state index in [2.05, 4.69) is 19.2 Å². The summed E-state index contributed by atoms with van der Waals surface area (Å²) in [6, 6.07) is 5.57. The van der Waals surface area contributed by atoms with E-state index >= 15 is 0 Å². The summed E-state index contributed by atoms with van der Waals surface area (Å²) in [6.07, 6.45) is -5.18. The molecule has 12 nitrogen and oxygen atoms in total. The van der Waals surface area contributed by atoms with Gasteiger partial charge in [-0.25, -0.2) is 9.78 Å². The fourth-order valence-corrected chi connectivity index (χ4v) is 4.42. The molecular formula is C28H39ClF3N3O9S. The molecule has 0 atom stereocenters. The average molecular weight is 686 g/mol. The Morgan fingerprint density at radius 1 is 1.07 bits per heavy atom. The number of rotatable bonds is 20. The summed E-state index contributed by atoms with van der Waals surface area (Å²) in [4.78, 5) is 15.7. The number of aromatic nitrogens is 1. The van der Waals surface area contributed by atoms with Crippen molar-refractivity contribution in [2.45, 2.75) is 58.9 Å². The summed E-state index contributed by atoms with van der Waals surface area (Å²) in [5.41, 5.74) is -0.466. The normalized spacial score (nSPS) is 12.0. The third-order valence-corrected chi connectivity index (χ3v) is 6.81. The average Bonchev–Trinajstić information content (AvgIpc) is 2.96. The van der Waals surface area contributed by atoms with Gasteiger partial charge < -0.3 is 33.2 Å². The van der Waals surface area contributed by atoms with Gasteiger partial charge in [0, 0.05) is 38.6 Å². The van der Waals surface area contributed by atoms with Crippen LogP contribution < -0.4 is 19.5 Å². The Balaban J connectivity index is 2.12. The van der Waals surface area contributed by atoms with Crippen LogP contribution in [0.15, 0.2) is 30.5 Å². The second-order valence-electron chi connectivity index (χ2n) is 9.61. The molecule has 0 aliphatic heterocycles. The monoisotopic (exact) mass is 685 g/mol. The molecule has 1 aromatic carbocycles. The van der Waals surface area contributed by atoms with Crippen molar-refractivity contribution >= 4 is 28.0 Å². The van der Waals surface area contributed by atoms with Crippen molar-refractivity contribution in [3.05, 3.63) is 46.6 Å². The highest BCUT2D eigenvalue weighted by Crippen LogP contribution is 2.36. The number of hydrogen-bond donors (Lipinski definition) is 2. The minimum absolute atomic E-state index is 0.0204. The van der Waals surface area contributed by atoms with Gasteiger partial charge in [-0.1, -0.05) is 17.7 Å². The van der Waals surface area contributed by atoms with E-state index < -0.39 is 34.2 Å². The van der Waals surface area contributed by atoms with Crippen molar-refractivity contribution < 1.29 is 54.3 Å². The molecule has 1 heterocycles. The van der Waals surface area contributed by atoms with Gasteiger partial charge in [0.2, 0.25) is 5.88 Å². The van der Waals surface area contributed by atoms with Gasteiger partial charge in [-0.15, -0.1) is 0 Å². The highest BCUT2D eigenvalue weighted by molar-refractivity contribution is 7.85. The summed E-state index contributed by atoms with van der Waals surface area (Å²) in [7, 11) is -4.34. The molecule has 0 fully saturated rings. The summed E-state index contributed by atoms with van der Waals surface area (Å²) < 4.78 is 97.7. The fourth-order valence-electron chi connectivity index (χ4n) is 3.57. The number of halogens is 4. The lowest BCUT2D eigenvalue weighted by molar-refractivity contribution is -0.137. The number of aryl methyl sites for hydroxylation is 1. The zero-order valence-corrected chi connectivity index (χ0v) is 27.0. The van der Waals surface area contributed by atoms with Crippen LogP contribution in [-0.4, -0.2) is 77.8 Å². The third kappa shape index (κ3) is 14.8. The van der Waals surface area contributed by atoms with E-state index in [0.717, 1.165) is 0 Å². The zero-order valence-electron chi connectivity index (χ0n) is 25.4. The first-order valence-corrected chi connectivity index (χ1v) is 16.0. The molecule has 2 aromatic rings. The van der Waals surface area contributed by atoms with E-state index in [9.17, 15) is 26.4 Å². The van der Waals surface area contributed by atoms with Gasteiger partial charge in [-0.3, -0.25) is 0 Å². The van der Waals surface area contributed by atoms with Crippen LogP contribution in [0.25, 0.3) is 0 Å². The lowest BCUT2D eigenvalue weighted by Crippen LogP contribution is -2.35. The number of pyridine rings is 1. The van der Waals surface area contributed by atoms with Crippen LogP contribution in [0.2, 0.25) is 5.02 Å². The van der Waals surface area contributed by atoms with E-state index in [0.29, 0.717) is 43.2 Å². The Kier molecular flexibility index (Phi) is 16.1. The summed E-state index contributed by atoms with van der Waals surface area (Å²) in [5, 5.41) is 1.99. The number of nitrogens with zero attached hydrogens (tertiary/aromatic N) is 1. The molecule has 0 aliphatic rings. The quantitative estimate of drug-likeness (QED) is 0.177. The van der Waals surface area contributed by atoms with Gasteiger partial charge in [0.05, 0.1) is 31.5 Å². The number of amides is 1. The maximum atomic E-state index is 13.1. The van der Waals surface area contributed by atoms with Gasteiger partial charge in [0.1, 0.15) is 22.6 Å². The van der Waals surface area contributed by atoms with Gasteiger partial charge in [-0.05, 0) is 58.2 Å². The number of carbonyl (C=O) groups excluding carboxylic acids is 1. The van der Waals surface area contributed by atoms with Crippen LogP contribution >= 0.6 is 11.6 Å². The Morgan fingerprint density at radius 2 is 1.76 bits per heavy atom. The molecule has 1 aromatic heterocycles. The van der Waals surface area contributed by atoms with Gasteiger partial charge in [-0.2, -0.15) is 26.3 Å². The van der Waals surface area contributed by atoms with Crippen molar-refractivity contribution in [3.63, 3.8) is 0 Å². The van der Waals surface area contributed by atoms with Crippen LogP contribution in [0.4, 0.5) is 18.0 Å². The van der Waals surface area contributed by atoms with Gasteiger partial charge in [0.15, 0.2) is 0 Å². The first-order chi connectivity index (χ1) is 21.2. The minimum Gasteiger partial charge on any atom is -0.485 e. The Bertz CT molecular complexity index is 1310. The molecule has 0 bridgehead atoms. The van der Waals surface area contributed by atoms with Crippen LogP contribution in [0.3, 0.4) is 0 Å². The second-order valence-corrected chi connectivity index (χ2v) is 11.4. The summed E-state index contributed by atoms with van der Waals surface area (Å²) in [6.45, 7) is 8.74. The van der Waals surface area contributed by atoms with Crippen molar-refractivity contribution in [3.8, 4) is 17.4 Å². The highest BCUT2D eigenvalue weighted by Gasteiger charge is 2.32. The zero-order chi connectivity index (χ0) is 33.5. The van der Waals surface area contributed by atoms with Crippen LogP contribution in [0.1, 0.15) is 45.2 Å². The number of hydrogen-bond acceptors (Lipinski definition) is 10. The fraction of sp³-hybridized carbons (Fsp3) is 0.571. The molecule has 0 radical (unpaired) electrons. The smallest absolute Gasteiger partial charge is 0.423 e. The van der Waals surface area contributed by atoms with E-state index in [1.807, 2.05) is 13.8 Å². The van der Waals surface area contributed by atoms with Crippen molar-refractivity contribution in [2.24, 2.45) is 0 Å². The third-order valence-electron chi connectivity index (χ3n) is 5.61. The van der Waals surface area contributed by atoms with Gasteiger partial charge in [0.25, 0.3) is 0 Å². The first-order valence-electron chi connectivity index (χ1n) is 14.2. The molecule has 2 rings (SSSR count). The number of nitrogens with one attached hydrogen (secondary N) is 2. The molecule has 2 N–H and O–H groups in total. The van der Waals surface area contributed by atoms with Crippen molar-refractivity contribution in [2.75, 3.05) is 46.1 Å². The maximum Gasteiger partial charge on any atom is 0.423 e. The molecule has 45 heavy (non-hydrogen) atoms. The number of ether oxygens (including phenoxy) is 5. The first kappa shape index (κ1) is 38.3. The Morgan fingerprint density at radius 3 is 2.36 bits per heavy atom. The molecule has 17 heteroatoms. The lowest BCUT2D eigenvalue weighted by Gasteiger charge is -2.20. The molecule has 0 spiro atoms. The van der Waals surface area contributed by atoms with Crippen molar-refractivity contribution in [1.29, 1.82) is 0 Å². The van der Waals surface area contributed by atoms with E-state index in [1.54, 1.807) is 26.0 Å². The largest absolute Gasteiger partial charge is 0.485 e. The molecule has 0 saturated carbocycles. The predicted molar refractivity (Wildman–Crippen MR) is 159 cm³/mol. The molecular weight excluding hydrogens is 647 g/mol. The predicted octanol–water partition coefficient (Wildman–Crippen LogP) is 5.28. The Hall–Kier alpha value is -2.89. The standard InChI is InChI=1S/C28H39ClF3N3O9S/c1-5-39-17-23(18-40-6-2)42-22-10-9-20(25(15-22)43-26-24(29)14-21(16-34-26)28(30,31)32)8-7-11-33-27(36)44-45(37,38)35-12-13-41-19(3)4/h9-10,14-16,19,23,35H,5-8,11-13,17-18H2,1-4H3,(H,33,36). The Labute approximate surface area is 266 Å². The van der Waals surface area contributed by atoms with E-state index in [-0.39, 0.29) is 62.1 Å². The SMILES string of the molecule is CCOCC(COCC)Oc1ccc(CCCNC(=O)OS(=O)(=O)NCCOC(C)C)c(Oc2ncc(C(F)(F)F)cc2Cl)c1. The topological polar surface area (TPSA) is 144 Å². The van der Waals surface area contributed by atoms with Crippen LogP contribution in [0.5, 0.6) is 17.4 Å². The van der Waals surface area contributed by atoms with Crippen LogP contribution in [-0.2, 0) is 41.3 Å². The van der Waals surface area contributed by atoms with E-state index in [1.165, 1.54) is 6.07 Å². The number of alkyl halides is 3. The summed E-state index contributed by atoms with van der Waals surface area (Å²) in [5.74, 6) is 0.284. The molecule has 0 unspecified atom stereocenters. The number of carbonyl (C=O) groups is 1. The molecule has 0 aliphatic carbocycles. The minimum atomic E-state index is -4.64. The van der Waals surface area contributed by atoms with Crippen molar-refractivity contribution in [1.82, 2.24) is 15.0 Å². The number of benzene rings is 1. The van der Waals surface area contributed by atoms with E-state index in [4.69, 9.17) is 35.3 Å².